The Balaban J connectivity index is 5.01. The van der Waals surface area contributed by atoms with Crippen LogP contribution in [0, 0.1) is 0 Å². The molecule has 0 aromatic rings. The van der Waals surface area contributed by atoms with E-state index in [9.17, 15) is 4.55 Å². The molecule has 3 heteroatoms. The van der Waals surface area contributed by atoms with Crippen molar-refractivity contribution >= 4 is 11.4 Å². The molecular formula is C19H37NOS. The minimum atomic E-state index is -0.899. The normalized spacial score (nSPS) is 15.8. The molecule has 3 atom stereocenters. The van der Waals surface area contributed by atoms with Crippen molar-refractivity contribution in [1.29, 1.82) is 0 Å². The van der Waals surface area contributed by atoms with Gasteiger partial charge in [-0.05, 0) is 65.2 Å². The Bertz CT molecular complexity index is 271. The zero-order valence-corrected chi connectivity index (χ0v) is 16.0. The molecule has 0 rings (SSSR count). The number of rotatable bonds is 14. The van der Waals surface area contributed by atoms with Crippen molar-refractivity contribution in [1.82, 2.24) is 4.31 Å². The van der Waals surface area contributed by atoms with Crippen LogP contribution in [-0.4, -0.2) is 26.2 Å². The van der Waals surface area contributed by atoms with Crippen LogP contribution in [0.5, 0.6) is 0 Å². The molecule has 3 unspecified atom stereocenters. The first kappa shape index (κ1) is 21.8. The molecule has 0 saturated heterocycles. The SMILES string of the molecule is C=CCCCC(CC)N(C(CC)CCCC=C)[S+]([O-])C(C)C. The lowest BCUT2D eigenvalue weighted by Crippen LogP contribution is -2.49. The van der Waals surface area contributed by atoms with E-state index in [0.717, 1.165) is 51.4 Å². The second-order valence-corrected chi connectivity index (χ2v) is 8.16. The minimum absolute atomic E-state index is 0.182. The Hall–Kier alpha value is -0.250. The van der Waals surface area contributed by atoms with E-state index in [1.165, 1.54) is 0 Å². The van der Waals surface area contributed by atoms with Crippen LogP contribution in [0.2, 0.25) is 0 Å². The van der Waals surface area contributed by atoms with Crippen molar-refractivity contribution in [2.24, 2.45) is 0 Å². The quantitative estimate of drug-likeness (QED) is 0.235. The summed E-state index contributed by atoms with van der Waals surface area (Å²) in [5.41, 5.74) is 0. The zero-order valence-electron chi connectivity index (χ0n) is 15.2. The second kappa shape index (κ2) is 13.2. The van der Waals surface area contributed by atoms with E-state index in [1.807, 2.05) is 12.2 Å². The van der Waals surface area contributed by atoms with E-state index < -0.39 is 11.4 Å². The van der Waals surface area contributed by atoms with Crippen LogP contribution in [0.4, 0.5) is 0 Å². The number of hydrogen-bond donors (Lipinski definition) is 0. The van der Waals surface area contributed by atoms with Gasteiger partial charge in [0.15, 0.2) is 0 Å². The van der Waals surface area contributed by atoms with Gasteiger partial charge >= 0.3 is 0 Å². The number of nitrogens with zero attached hydrogens (tertiary/aromatic N) is 1. The third kappa shape index (κ3) is 7.85. The van der Waals surface area contributed by atoms with Crippen LogP contribution in [0.1, 0.15) is 79.1 Å². The first-order valence-electron chi connectivity index (χ1n) is 8.94. The van der Waals surface area contributed by atoms with Gasteiger partial charge in [0.05, 0.1) is 12.1 Å². The van der Waals surface area contributed by atoms with Crippen molar-refractivity contribution in [3.63, 3.8) is 0 Å². The molecular weight excluding hydrogens is 290 g/mol. The standard InChI is InChI=1S/C19H37NOS/c1-7-11-13-15-18(9-3)20(22(21)17(5)6)19(10-4)16-14-12-8-2/h7-8,17-19H,1-2,9-16H2,3-6H3. The van der Waals surface area contributed by atoms with Crippen LogP contribution in [-0.2, 0) is 11.4 Å². The minimum Gasteiger partial charge on any atom is -0.598 e. The maximum Gasteiger partial charge on any atom is 0.130 e. The molecule has 0 aliphatic rings. The fourth-order valence-electron chi connectivity index (χ4n) is 2.85. The summed E-state index contributed by atoms with van der Waals surface area (Å²) in [6.07, 6.45) is 12.7. The predicted octanol–water partition coefficient (Wildman–Crippen LogP) is 5.63. The van der Waals surface area contributed by atoms with Crippen LogP contribution >= 0.6 is 0 Å². The molecule has 0 radical (unpaired) electrons. The van der Waals surface area contributed by atoms with E-state index in [-0.39, 0.29) is 5.25 Å². The van der Waals surface area contributed by atoms with Gasteiger partial charge in [-0.15, -0.1) is 17.5 Å². The van der Waals surface area contributed by atoms with Gasteiger partial charge in [-0.2, -0.15) is 0 Å². The first-order valence-corrected chi connectivity index (χ1v) is 10.1. The Morgan fingerprint density at radius 2 is 1.36 bits per heavy atom. The molecule has 0 aliphatic heterocycles. The molecule has 0 aromatic heterocycles. The summed E-state index contributed by atoms with van der Waals surface area (Å²) in [5.74, 6) is 0. The molecule has 0 spiro atoms. The van der Waals surface area contributed by atoms with E-state index in [0.29, 0.717) is 12.1 Å². The molecule has 22 heavy (non-hydrogen) atoms. The molecule has 0 saturated carbocycles. The Kier molecular flexibility index (Phi) is 13.1. The topological polar surface area (TPSA) is 26.3 Å². The van der Waals surface area contributed by atoms with E-state index >= 15 is 0 Å². The number of hydrogen-bond acceptors (Lipinski definition) is 2. The summed E-state index contributed by atoms with van der Waals surface area (Å²) in [5, 5.41) is 0.182. The van der Waals surface area contributed by atoms with Gasteiger partial charge in [0.1, 0.15) is 5.25 Å². The average Bonchev–Trinajstić information content (AvgIpc) is 2.51. The summed E-state index contributed by atoms with van der Waals surface area (Å²) in [6, 6.07) is 0.828. The third-order valence-corrected chi connectivity index (χ3v) is 5.98. The summed E-state index contributed by atoms with van der Waals surface area (Å²) >= 11 is -0.899. The van der Waals surface area contributed by atoms with Crippen LogP contribution in [0.3, 0.4) is 0 Å². The molecule has 0 aromatic carbocycles. The maximum absolute atomic E-state index is 12.9. The predicted molar refractivity (Wildman–Crippen MR) is 101 cm³/mol. The fourth-order valence-corrected chi connectivity index (χ4v) is 4.44. The highest BCUT2D eigenvalue weighted by atomic mass is 32.2. The van der Waals surface area contributed by atoms with Gasteiger partial charge in [0.2, 0.25) is 0 Å². The van der Waals surface area contributed by atoms with Gasteiger partial charge in [-0.25, -0.2) is 0 Å². The smallest absolute Gasteiger partial charge is 0.130 e. The lowest BCUT2D eigenvalue weighted by molar-refractivity contribution is 0.210. The first-order chi connectivity index (χ1) is 10.5. The zero-order chi connectivity index (χ0) is 17.0. The van der Waals surface area contributed by atoms with Gasteiger partial charge in [-0.1, -0.05) is 26.0 Å². The molecule has 0 heterocycles. The highest BCUT2D eigenvalue weighted by Crippen LogP contribution is 2.27. The summed E-state index contributed by atoms with van der Waals surface area (Å²) in [7, 11) is 0. The maximum atomic E-state index is 12.9. The van der Waals surface area contributed by atoms with E-state index in [4.69, 9.17) is 0 Å². The molecule has 0 bridgehead atoms. The Labute approximate surface area is 142 Å². The van der Waals surface area contributed by atoms with Crippen molar-refractivity contribution < 1.29 is 4.55 Å². The fraction of sp³-hybridized carbons (Fsp3) is 0.789. The van der Waals surface area contributed by atoms with Crippen LogP contribution < -0.4 is 0 Å². The van der Waals surface area contributed by atoms with Gasteiger partial charge in [0, 0.05) is 11.4 Å². The third-order valence-electron chi connectivity index (χ3n) is 4.16. The lowest BCUT2D eigenvalue weighted by atomic mass is 10.0. The summed E-state index contributed by atoms with van der Waals surface area (Å²) in [4.78, 5) is 0. The van der Waals surface area contributed by atoms with Crippen molar-refractivity contribution in [3.8, 4) is 0 Å². The lowest BCUT2D eigenvalue weighted by Gasteiger charge is -2.38. The van der Waals surface area contributed by atoms with Crippen LogP contribution in [0.25, 0.3) is 0 Å². The molecule has 130 valence electrons. The number of allylic oxidation sites excluding steroid dienone is 2. The van der Waals surface area contributed by atoms with Gasteiger partial charge in [0.25, 0.3) is 0 Å². The van der Waals surface area contributed by atoms with E-state index in [1.54, 1.807) is 0 Å². The monoisotopic (exact) mass is 327 g/mol. The molecule has 2 nitrogen and oxygen atoms in total. The van der Waals surface area contributed by atoms with E-state index in [2.05, 4.69) is 45.2 Å². The van der Waals surface area contributed by atoms with Crippen LogP contribution in [0.15, 0.2) is 25.3 Å². The highest BCUT2D eigenvalue weighted by molar-refractivity contribution is 7.89. The largest absolute Gasteiger partial charge is 0.598 e. The average molecular weight is 328 g/mol. The van der Waals surface area contributed by atoms with Crippen molar-refractivity contribution in [3.05, 3.63) is 25.3 Å². The second-order valence-electron chi connectivity index (χ2n) is 6.25. The summed E-state index contributed by atoms with van der Waals surface area (Å²) in [6.45, 7) is 16.2. The van der Waals surface area contributed by atoms with Crippen molar-refractivity contribution in [2.75, 3.05) is 0 Å². The summed E-state index contributed by atoms with van der Waals surface area (Å²) < 4.78 is 15.2. The van der Waals surface area contributed by atoms with Gasteiger partial charge < -0.3 is 4.55 Å². The Morgan fingerprint density at radius 1 is 0.955 bits per heavy atom. The molecule has 0 amide bonds. The highest BCUT2D eigenvalue weighted by Gasteiger charge is 2.35. The van der Waals surface area contributed by atoms with Gasteiger partial charge in [-0.3, -0.25) is 0 Å². The molecule has 0 aliphatic carbocycles. The Morgan fingerprint density at radius 3 is 1.64 bits per heavy atom. The molecule has 0 N–H and O–H groups in total. The molecule has 0 fully saturated rings. The number of unbranched alkanes of at least 4 members (excludes halogenated alkanes) is 2. The van der Waals surface area contributed by atoms with Crippen molar-refractivity contribution in [2.45, 2.75) is 96.4 Å².